The summed E-state index contributed by atoms with van der Waals surface area (Å²) in [6.45, 7) is 7.89. The largest absolute Gasteiger partial charge is 1.00 e. The van der Waals surface area contributed by atoms with Gasteiger partial charge in [0.2, 0.25) is 0 Å². The summed E-state index contributed by atoms with van der Waals surface area (Å²) in [4.78, 5) is 41.3. The molecule has 246 valence electrons. The Kier molecular flexibility index (Phi) is 13.4. The van der Waals surface area contributed by atoms with E-state index in [0.717, 1.165) is 82.9 Å². The van der Waals surface area contributed by atoms with Crippen LogP contribution in [-0.2, 0) is 27.2 Å². The second-order valence-corrected chi connectivity index (χ2v) is 12.4. The van der Waals surface area contributed by atoms with Crippen molar-refractivity contribution in [3.05, 3.63) is 81.5 Å². The molecule has 0 saturated heterocycles. The Labute approximate surface area is 286 Å². The van der Waals surface area contributed by atoms with Crippen LogP contribution in [0.3, 0.4) is 0 Å². The summed E-state index contributed by atoms with van der Waals surface area (Å²) in [7, 11) is 1.45. The monoisotopic (exact) mass is 638 g/mol. The molecular formula is C33H43LiN8O5. The minimum absolute atomic E-state index is 0. The normalized spacial score (nSPS) is 20.0. The number of carboxylic acids is 1. The zero-order valence-electron chi connectivity index (χ0n) is 28.1. The van der Waals surface area contributed by atoms with Crippen molar-refractivity contribution in [2.75, 3.05) is 7.11 Å². The summed E-state index contributed by atoms with van der Waals surface area (Å²) in [6, 6.07) is 8.00. The van der Waals surface area contributed by atoms with Gasteiger partial charge < -0.3 is 15.3 Å². The van der Waals surface area contributed by atoms with Crippen LogP contribution in [0.2, 0.25) is 0 Å². The van der Waals surface area contributed by atoms with E-state index in [9.17, 15) is 9.59 Å². The SMILES string of the molecule is COC(=O)C1CCC(c2nc(C)cc(Cc3cc(C)[nH]n3)n2)C1.Cc1cc(Cc2cc(C)[nH]n2)nc(C2CCC(C(=O)O)C2)n1.[Li+].[OH-]. The van der Waals surface area contributed by atoms with E-state index in [0.29, 0.717) is 25.7 Å². The molecule has 4 aromatic heterocycles. The number of carbonyl (C=O) groups excluding carboxylic acids is 1. The van der Waals surface area contributed by atoms with Crippen molar-refractivity contribution in [2.45, 2.75) is 90.9 Å². The van der Waals surface area contributed by atoms with Crippen LogP contribution in [0.4, 0.5) is 0 Å². The summed E-state index contributed by atoms with van der Waals surface area (Å²) in [5.74, 6) is 0.914. The van der Waals surface area contributed by atoms with Crippen molar-refractivity contribution < 1.29 is 43.8 Å². The van der Waals surface area contributed by atoms with Crippen molar-refractivity contribution in [3.63, 3.8) is 0 Å². The van der Waals surface area contributed by atoms with Crippen molar-refractivity contribution in [2.24, 2.45) is 11.8 Å². The predicted molar refractivity (Wildman–Crippen MR) is 168 cm³/mol. The summed E-state index contributed by atoms with van der Waals surface area (Å²) in [6.07, 6.45) is 6.11. The molecule has 47 heavy (non-hydrogen) atoms. The van der Waals surface area contributed by atoms with Crippen LogP contribution >= 0.6 is 0 Å². The molecule has 2 fully saturated rings. The van der Waals surface area contributed by atoms with E-state index in [1.807, 2.05) is 52.0 Å². The molecule has 4 heterocycles. The van der Waals surface area contributed by atoms with E-state index in [4.69, 9.17) is 14.8 Å². The minimum atomic E-state index is -0.706. The summed E-state index contributed by atoms with van der Waals surface area (Å²) >= 11 is 0. The quantitative estimate of drug-likeness (QED) is 0.187. The molecule has 4 atom stereocenters. The fourth-order valence-corrected chi connectivity index (χ4v) is 6.40. The van der Waals surface area contributed by atoms with Crippen LogP contribution in [0.5, 0.6) is 0 Å². The van der Waals surface area contributed by atoms with Crippen LogP contribution in [0, 0.1) is 39.5 Å². The van der Waals surface area contributed by atoms with Gasteiger partial charge >= 0.3 is 30.8 Å². The van der Waals surface area contributed by atoms with E-state index in [2.05, 4.69) is 35.3 Å². The van der Waals surface area contributed by atoms with E-state index in [1.54, 1.807) is 0 Å². The average molecular weight is 639 g/mol. The molecule has 2 aliphatic rings. The van der Waals surface area contributed by atoms with Gasteiger partial charge in [-0.15, -0.1) is 0 Å². The van der Waals surface area contributed by atoms with E-state index < -0.39 is 5.97 Å². The molecule has 0 bridgehead atoms. The van der Waals surface area contributed by atoms with Gasteiger partial charge in [0.25, 0.3) is 0 Å². The standard InChI is InChI=1S/C17H22N4O2.C16H20N4O2.Li.H2O/c1-10-6-14(9-15-7-11(2)20-21-15)19-16(18-10)12-4-5-13(8-12)17(22)23-3;1-9-5-13(8-14-6-10(2)19-20-14)18-15(17-9)11-3-4-12(7-11)16(21)22;;/h6-7,12-13H,4-5,8-9H2,1-3H3,(H,20,21);5-6,11-12H,3-4,7-8H2,1-2H3,(H,19,20)(H,21,22);;1H2/q;;+1;/p-1. The number of aromatic amines is 2. The van der Waals surface area contributed by atoms with Gasteiger partial charge in [0, 0.05) is 47.5 Å². The maximum atomic E-state index is 11.7. The van der Waals surface area contributed by atoms with Gasteiger partial charge in [-0.2, -0.15) is 10.2 Å². The summed E-state index contributed by atoms with van der Waals surface area (Å²) in [5, 5.41) is 23.5. The van der Waals surface area contributed by atoms with Crippen molar-refractivity contribution >= 4 is 11.9 Å². The number of nitrogens with zero attached hydrogens (tertiary/aromatic N) is 6. The fraction of sp³-hybridized carbons (Fsp3) is 0.515. The van der Waals surface area contributed by atoms with Gasteiger partial charge in [0.15, 0.2) is 0 Å². The van der Waals surface area contributed by atoms with Crippen molar-refractivity contribution in [1.82, 2.24) is 40.3 Å². The molecular weight excluding hydrogens is 595 g/mol. The Morgan fingerprint density at radius 1 is 0.723 bits per heavy atom. The van der Waals surface area contributed by atoms with Gasteiger partial charge in [-0.05, 0) is 90.5 Å². The minimum Gasteiger partial charge on any atom is -0.870 e. The third kappa shape index (κ3) is 10.0. The maximum absolute atomic E-state index is 11.7. The second kappa shape index (κ2) is 16.8. The first-order valence-electron chi connectivity index (χ1n) is 15.6. The van der Waals surface area contributed by atoms with Gasteiger partial charge in [-0.3, -0.25) is 19.8 Å². The molecule has 6 rings (SSSR count). The molecule has 4 aromatic rings. The van der Waals surface area contributed by atoms with Crippen LogP contribution in [0.15, 0.2) is 24.3 Å². The Morgan fingerprint density at radius 3 is 1.55 bits per heavy atom. The average Bonchev–Trinajstić information content (AvgIpc) is 3.81. The number of carbonyl (C=O) groups is 2. The topological polar surface area (TPSA) is 203 Å². The van der Waals surface area contributed by atoms with Crippen LogP contribution in [0.1, 0.15) is 108 Å². The number of aryl methyl sites for hydroxylation is 4. The second-order valence-electron chi connectivity index (χ2n) is 12.4. The van der Waals surface area contributed by atoms with Crippen LogP contribution < -0.4 is 18.9 Å². The first kappa shape index (κ1) is 37.5. The number of H-pyrrole nitrogens is 2. The number of hydrogen-bond acceptors (Lipinski definition) is 10. The third-order valence-electron chi connectivity index (χ3n) is 8.57. The smallest absolute Gasteiger partial charge is 0.870 e. The number of aromatic nitrogens is 8. The summed E-state index contributed by atoms with van der Waals surface area (Å²) in [5.41, 5.74) is 7.80. The Morgan fingerprint density at radius 2 is 1.17 bits per heavy atom. The fourth-order valence-electron chi connectivity index (χ4n) is 6.40. The first-order valence-corrected chi connectivity index (χ1v) is 15.6. The maximum Gasteiger partial charge on any atom is 1.00 e. The molecule has 0 spiro atoms. The number of hydrogen-bond donors (Lipinski definition) is 3. The predicted octanol–water partition coefficient (Wildman–Crippen LogP) is 1.67. The number of rotatable bonds is 8. The number of nitrogens with one attached hydrogen (secondary N) is 2. The summed E-state index contributed by atoms with van der Waals surface area (Å²) < 4.78 is 4.86. The number of aliphatic carboxylic acids is 1. The van der Waals surface area contributed by atoms with E-state index in [1.165, 1.54) is 7.11 Å². The zero-order chi connectivity index (χ0) is 32.1. The number of ether oxygens (including phenoxy) is 1. The van der Waals surface area contributed by atoms with Crippen molar-refractivity contribution in [1.29, 1.82) is 0 Å². The number of carboxylic acid groups (broad SMARTS) is 1. The molecule has 0 radical (unpaired) electrons. The van der Waals surface area contributed by atoms with Gasteiger partial charge in [0.05, 0.1) is 41.7 Å². The van der Waals surface area contributed by atoms with Crippen molar-refractivity contribution in [3.8, 4) is 0 Å². The molecule has 4 unspecified atom stereocenters. The Bertz CT molecular complexity index is 1660. The molecule has 2 saturated carbocycles. The van der Waals surface area contributed by atoms with Gasteiger partial charge in [-0.1, -0.05) is 0 Å². The zero-order valence-corrected chi connectivity index (χ0v) is 28.1. The molecule has 0 amide bonds. The van der Waals surface area contributed by atoms with Gasteiger partial charge in [-0.25, -0.2) is 19.9 Å². The molecule has 2 aliphatic carbocycles. The molecule has 13 nitrogen and oxygen atoms in total. The van der Waals surface area contributed by atoms with Crippen LogP contribution in [0.25, 0.3) is 0 Å². The first-order chi connectivity index (χ1) is 21.6. The van der Waals surface area contributed by atoms with E-state index in [-0.39, 0.29) is 54.0 Å². The third-order valence-corrected chi connectivity index (χ3v) is 8.57. The molecule has 0 aromatic carbocycles. The molecule has 0 aliphatic heterocycles. The molecule has 14 heteroatoms. The number of esters is 1. The van der Waals surface area contributed by atoms with Crippen LogP contribution in [-0.4, -0.2) is 70.0 Å². The van der Waals surface area contributed by atoms with Gasteiger partial charge in [0.1, 0.15) is 11.6 Å². The Balaban J connectivity index is 0.000000245. The van der Waals surface area contributed by atoms with E-state index >= 15 is 0 Å². The Hall–Kier alpha value is -3.92. The number of methoxy groups -OCH3 is 1. The molecule has 4 N–H and O–H groups in total.